The van der Waals surface area contributed by atoms with Gasteiger partial charge in [0.05, 0.1) is 23.0 Å². The summed E-state index contributed by atoms with van der Waals surface area (Å²) < 4.78 is 1.83. The van der Waals surface area contributed by atoms with Gasteiger partial charge in [0.15, 0.2) is 5.65 Å². The predicted molar refractivity (Wildman–Crippen MR) is 100 cm³/mol. The van der Waals surface area contributed by atoms with Crippen LogP contribution in [0.4, 0.5) is 0 Å². The van der Waals surface area contributed by atoms with Crippen LogP contribution in [0, 0.1) is 13.8 Å². The average Bonchev–Trinajstić information content (AvgIpc) is 3.02. The topological polar surface area (TPSA) is 72.7 Å². The van der Waals surface area contributed by atoms with Gasteiger partial charge in [0.25, 0.3) is 0 Å². The normalized spacial score (nSPS) is 11.0. The lowest BCUT2D eigenvalue weighted by atomic mass is 10.1. The van der Waals surface area contributed by atoms with E-state index in [4.69, 9.17) is 0 Å². The Balaban J connectivity index is 1.88. The van der Waals surface area contributed by atoms with E-state index in [9.17, 15) is 4.79 Å². The predicted octanol–water partition coefficient (Wildman–Crippen LogP) is 3.05. The number of carbonyl (C=O) groups is 1. The number of aryl methyl sites for hydroxylation is 2. The molecule has 0 atom stereocenters. The minimum absolute atomic E-state index is 0.0142. The summed E-state index contributed by atoms with van der Waals surface area (Å²) in [5, 5.41) is 8.99. The molecular weight excluding hydrogens is 334 g/mol. The van der Waals surface area contributed by atoms with Crippen LogP contribution in [0.1, 0.15) is 24.5 Å². The molecule has 0 bridgehead atoms. The molecule has 6 nitrogen and oxygen atoms in total. The summed E-state index contributed by atoms with van der Waals surface area (Å²) in [4.78, 5) is 20.5. The molecule has 130 valence electrons. The summed E-state index contributed by atoms with van der Waals surface area (Å²) in [6.07, 6.45) is 4.22. The fraction of sp³-hybridized carbons (Fsp3) is 0.333. The van der Waals surface area contributed by atoms with Gasteiger partial charge in [-0.2, -0.15) is 5.10 Å². The molecule has 2 heterocycles. The lowest BCUT2D eigenvalue weighted by Gasteiger charge is -2.08. The van der Waals surface area contributed by atoms with Crippen LogP contribution < -0.4 is 5.32 Å². The number of benzene rings is 1. The SMILES string of the molecule is CCCNC(=O)CSc1ncnc2c1cnn2-c1ccc(C)cc1C. The molecule has 1 N–H and O–H groups in total. The number of nitrogens with one attached hydrogen (secondary N) is 1. The Kier molecular flexibility index (Phi) is 5.33. The largest absolute Gasteiger partial charge is 0.355 e. The summed E-state index contributed by atoms with van der Waals surface area (Å²) in [5.74, 6) is 0.348. The fourth-order valence-electron chi connectivity index (χ4n) is 2.61. The Morgan fingerprint density at radius 2 is 2.12 bits per heavy atom. The van der Waals surface area contributed by atoms with E-state index >= 15 is 0 Å². The fourth-order valence-corrected chi connectivity index (χ4v) is 3.40. The van der Waals surface area contributed by atoms with Crippen LogP contribution in [0.15, 0.2) is 35.7 Å². The maximum atomic E-state index is 11.8. The number of amides is 1. The summed E-state index contributed by atoms with van der Waals surface area (Å²) in [6, 6.07) is 6.23. The molecule has 7 heteroatoms. The van der Waals surface area contributed by atoms with Crippen LogP contribution in [-0.2, 0) is 4.79 Å². The van der Waals surface area contributed by atoms with E-state index in [-0.39, 0.29) is 5.91 Å². The third kappa shape index (κ3) is 3.82. The van der Waals surface area contributed by atoms with Crippen molar-refractivity contribution in [1.82, 2.24) is 25.1 Å². The number of carbonyl (C=O) groups excluding carboxylic acids is 1. The Morgan fingerprint density at radius 3 is 2.88 bits per heavy atom. The molecule has 0 saturated carbocycles. The molecule has 0 aliphatic rings. The summed E-state index contributed by atoms with van der Waals surface area (Å²) in [5.41, 5.74) is 4.09. The smallest absolute Gasteiger partial charge is 0.230 e. The van der Waals surface area contributed by atoms with Crippen LogP contribution >= 0.6 is 11.8 Å². The Bertz CT molecular complexity index is 906. The highest BCUT2D eigenvalue weighted by molar-refractivity contribution is 8.00. The second-order valence-corrected chi connectivity index (χ2v) is 6.87. The zero-order valence-corrected chi connectivity index (χ0v) is 15.4. The Morgan fingerprint density at radius 1 is 1.28 bits per heavy atom. The van der Waals surface area contributed by atoms with Crippen molar-refractivity contribution in [3.8, 4) is 5.69 Å². The van der Waals surface area contributed by atoms with E-state index in [1.807, 2.05) is 17.7 Å². The molecule has 0 fully saturated rings. The van der Waals surface area contributed by atoms with E-state index in [0.29, 0.717) is 12.3 Å². The average molecular weight is 355 g/mol. The molecule has 0 unspecified atom stereocenters. The third-order valence-corrected chi connectivity index (χ3v) is 4.83. The van der Waals surface area contributed by atoms with Gasteiger partial charge in [-0.05, 0) is 31.9 Å². The summed E-state index contributed by atoms with van der Waals surface area (Å²) in [6.45, 7) is 6.86. The second kappa shape index (κ2) is 7.65. The van der Waals surface area contributed by atoms with Crippen molar-refractivity contribution in [2.75, 3.05) is 12.3 Å². The minimum atomic E-state index is 0.0142. The molecule has 0 aliphatic heterocycles. The number of thioether (sulfide) groups is 1. The van der Waals surface area contributed by atoms with Crippen molar-refractivity contribution in [2.24, 2.45) is 0 Å². The zero-order chi connectivity index (χ0) is 17.8. The minimum Gasteiger partial charge on any atom is -0.355 e. The van der Waals surface area contributed by atoms with Crippen LogP contribution in [0.5, 0.6) is 0 Å². The van der Waals surface area contributed by atoms with Gasteiger partial charge in [0, 0.05) is 6.54 Å². The molecule has 1 amide bonds. The lowest BCUT2D eigenvalue weighted by molar-refractivity contribution is -0.118. The van der Waals surface area contributed by atoms with E-state index in [2.05, 4.69) is 46.4 Å². The van der Waals surface area contributed by atoms with E-state index in [0.717, 1.165) is 33.7 Å². The van der Waals surface area contributed by atoms with Gasteiger partial charge >= 0.3 is 0 Å². The first kappa shape index (κ1) is 17.4. The van der Waals surface area contributed by atoms with Gasteiger partial charge in [-0.25, -0.2) is 14.6 Å². The maximum Gasteiger partial charge on any atom is 0.230 e. The van der Waals surface area contributed by atoms with Crippen molar-refractivity contribution < 1.29 is 4.79 Å². The quantitative estimate of drug-likeness (QED) is 0.543. The van der Waals surface area contributed by atoms with Crippen molar-refractivity contribution in [3.05, 3.63) is 41.9 Å². The van der Waals surface area contributed by atoms with Crippen LogP contribution in [0.25, 0.3) is 16.7 Å². The van der Waals surface area contributed by atoms with Crippen molar-refractivity contribution in [1.29, 1.82) is 0 Å². The maximum absolute atomic E-state index is 11.8. The molecule has 3 aromatic rings. The van der Waals surface area contributed by atoms with E-state index in [1.165, 1.54) is 23.7 Å². The summed E-state index contributed by atoms with van der Waals surface area (Å²) in [7, 11) is 0. The van der Waals surface area contributed by atoms with Gasteiger partial charge in [-0.1, -0.05) is 36.4 Å². The van der Waals surface area contributed by atoms with Crippen LogP contribution in [0.2, 0.25) is 0 Å². The standard InChI is InChI=1S/C18H21N5OS/c1-4-7-19-16(24)10-25-18-14-9-22-23(17(14)20-11-21-18)15-6-5-12(2)8-13(15)3/h5-6,8-9,11H,4,7,10H2,1-3H3,(H,19,24). The number of aromatic nitrogens is 4. The molecule has 3 rings (SSSR count). The second-order valence-electron chi connectivity index (χ2n) is 5.90. The van der Waals surface area contributed by atoms with Crippen LogP contribution in [0.3, 0.4) is 0 Å². The third-order valence-electron chi connectivity index (χ3n) is 3.82. The van der Waals surface area contributed by atoms with Gasteiger partial charge in [-0.3, -0.25) is 4.79 Å². The molecule has 0 radical (unpaired) electrons. The first-order valence-corrected chi connectivity index (χ1v) is 9.24. The highest BCUT2D eigenvalue weighted by Gasteiger charge is 2.14. The van der Waals surface area contributed by atoms with Gasteiger partial charge < -0.3 is 5.32 Å². The Labute approximate surface area is 151 Å². The van der Waals surface area contributed by atoms with Crippen molar-refractivity contribution >= 4 is 28.7 Å². The first-order chi connectivity index (χ1) is 12.1. The van der Waals surface area contributed by atoms with Gasteiger partial charge in [0.2, 0.25) is 5.91 Å². The van der Waals surface area contributed by atoms with E-state index in [1.54, 1.807) is 6.20 Å². The molecule has 2 aromatic heterocycles. The molecular formula is C18H21N5OS. The number of hydrogen-bond acceptors (Lipinski definition) is 5. The first-order valence-electron chi connectivity index (χ1n) is 8.26. The van der Waals surface area contributed by atoms with Crippen molar-refractivity contribution in [3.63, 3.8) is 0 Å². The molecule has 1 aromatic carbocycles. The Hall–Kier alpha value is -2.41. The van der Waals surface area contributed by atoms with E-state index < -0.39 is 0 Å². The highest BCUT2D eigenvalue weighted by Crippen LogP contribution is 2.26. The number of hydrogen-bond donors (Lipinski definition) is 1. The lowest BCUT2D eigenvalue weighted by Crippen LogP contribution is -2.25. The zero-order valence-electron chi connectivity index (χ0n) is 14.6. The summed E-state index contributed by atoms with van der Waals surface area (Å²) >= 11 is 1.41. The van der Waals surface area contributed by atoms with Gasteiger partial charge in [-0.15, -0.1) is 0 Å². The molecule has 25 heavy (non-hydrogen) atoms. The number of nitrogens with zero attached hydrogens (tertiary/aromatic N) is 4. The highest BCUT2D eigenvalue weighted by atomic mass is 32.2. The van der Waals surface area contributed by atoms with Crippen molar-refractivity contribution in [2.45, 2.75) is 32.2 Å². The number of rotatable bonds is 6. The molecule has 0 spiro atoms. The van der Waals surface area contributed by atoms with Gasteiger partial charge in [0.1, 0.15) is 11.4 Å². The molecule has 0 saturated heterocycles. The van der Waals surface area contributed by atoms with Crippen LogP contribution in [-0.4, -0.2) is 38.0 Å². The number of fused-ring (bicyclic) bond motifs is 1. The molecule has 0 aliphatic carbocycles. The monoisotopic (exact) mass is 355 g/mol.